The summed E-state index contributed by atoms with van der Waals surface area (Å²) in [5.41, 5.74) is -0.0458. The summed E-state index contributed by atoms with van der Waals surface area (Å²) in [7, 11) is -0.610. The average molecular weight is 288 g/mol. The molecule has 0 spiro atoms. The number of sulfonamides is 1. The summed E-state index contributed by atoms with van der Waals surface area (Å²) < 4.78 is 27.1. The minimum Gasteiger partial charge on any atom is -0.477 e. The lowest BCUT2D eigenvalue weighted by atomic mass is 10.1. The molecule has 0 amide bonds. The fourth-order valence-corrected chi connectivity index (χ4v) is 3.10. The number of carboxylic acids is 1. The fraction of sp³-hybridized carbons (Fsp3) is 0.583. The molecule has 1 aromatic rings. The van der Waals surface area contributed by atoms with Crippen LogP contribution in [-0.4, -0.2) is 42.0 Å². The topological polar surface area (TPSA) is 79.6 Å². The van der Waals surface area contributed by atoms with Crippen LogP contribution < -0.4 is 0 Å². The van der Waals surface area contributed by atoms with Gasteiger partial charge in [-0.25, -0.2) is 17.5 Å². The molecule has 1 heterocycles. The number of carbonyl (C=O) groups is 1. The van der Waals surface area contributed by atoms with Crippen LogP contribution in [0.2, 0.25) is 0 Å². The first-order valence-corrected chi connectivity index (χ1v) is 7.50. The maximum atomic E-state index is 12.3. The van der Waals surface area contributed by atoms with Crippen LogP contribution in [0.3, 0.4) is 0 Å². The van der Waals surface area contributed by atoms with Gasteiger partial charge in [0.2, 0.25) is 10.0 Å². The molecular formula is C12H20N2O4S. The molecule has 1 atom stereocenters. The highest BCUT2D eigenvalue weighted by atomic mass is 32.2. The molecule has 1 rings (SSSR count). The van der Waals surface area contributed by atoms with E-state index in [9.17, 15) is 13.2 Å². The van der Waals surface area contributed by atoms with E-state index in [2.05, 4.69) is 0 Å². The van der Waals surface area contributed by atoms with Crippen LogP contribution in [0.15, 0.2) is 17.2 Å². The Bertz CT molecular complexity index is 562. The molecule has 0 aliphatic rings. The molecule has 1 aromatic heterocycles. The van der Waals surface area contributed by atoms with Gasteiger partial charge in [0.05, 0.1) is 0 Å². The van der Waals surface area contributed by atoms with Gasteiger partial charge in [-0.05, 0) is 12.0 Å². The zero-order valence-corrected chi connectivity index (χ0v) is 12.4. The highest BCUT2D eigenvalue weighted by Gasteiger charge is 2.25. The summed E-state index contributed by atoms with van der Waals surface area (Å²) in [6.07, 6.45) is 2.21. The Morgan fingerprint density at radius 3 is 2.53 bits per heavy atom. The van der Waals surface area contributed by atoms with Gasteiger partial charge in [-0.3, -0.25) is 0 Å². The molecular weight excluding hydrogens is 268 g/mol. The minimum absolute atomic E-state index is 0.0122. The second-order valence-electron chi connectivity index (χ2n) is 4.78. The molecule has 19 heavy (non-hydrogen) atoms. The number of hydrogen-bond donors (Lipinski definition) is 1. The average Bonchev–Trinajstić information content (AvgIpc) is 2.71. The molecule has 0 bridgehead atoms. The lowest BCUT2D eigenvalue weighted by Gasteiger charge is -2.19. The fourth-order valence-electron chi connectivity index (χ4n) is 1.73. The van der Waals surface area contributed by atoms with Crippen molar-refractivity contribution in [3.63, 3.8) is 0 Å². The predicted octanol–water partition coefficient (Wildman–Crippen LogP) is 1.39. The van der Waals surface area contributed by atoms with Crippen LogP contribution in [0, 0.1) is 5.92 Å². The zero-order chi connectivity index (χ0) is 14.8. The van der Waals surface area contributed by atoms with Gasteiger partial charge in [0.1, 0.15) is 10.6 Å². The van der Waals surface area contributed by atoms with Crippen molar-refractivity contribution in [1.82, 2.24) is 8.87 Å². The van der Waals surface area contributed by atoms with Crippen LogP contribution >= 0.6 is 0 Å². The van der Waals surface area contributed by atoms with Gasteiger partial charge < -0.3 is 9.67 Å². The molecule has 0 aliphatic carbocycles. The van der Waals surface area contributed by atoms with Gasteiger partial charge in [0, 0.05) is 26.8 Å². The number of carboxylic acid groups (broad SMARTS) is 1. The van der Waals surface area contributed by atoms with E-state index in [0.717, 1.165) is 6.42 Å². The number of nitrogens with zero attached hydrogens (tertiary/aromatic N) is 2. The van der Waals surface area contributed by atoms with Crippen molar-refractivity contribution in [2.24, 2.45) is 13.0 Å². The van der Waals surface area contributed by atoms with Gasteiger partial charge >= 0.3 is 5.97 Å². The van der Waals surface area contributed by atoms with E-state index in [4.69, 9.17) is 5.11 Å². The van der Waals surface area contributed by atoms with Crippen LogP contribution in [0.4, 0.5) is 0 Å². The number of aryl methyl sites for hydroxylation is 1. The van der Waals surface area contributed by atoms with Crippen molar-refractivity contribution in [2.75, 3.05) is 13.6 Å². The van der Waals surface area contributed by atoms with Crippen molar-refractivity contribution in [3.8, 4) is 0 Å². The van der Waals surface area contributed by atoms with E-state index in [1.54, 1.807) is 0 Å². The molecule has 0 fully saturated rings. The first kappa shape index (κ1) is 15.7. The van der Waals surface area contributed by atoms with E-state index < -0.39 is 16.0 Å². The van der Waals surface area contributed by atoms with E-state index in [1.165, 1.54) is 35.2 Å². The van der Waals surface area contributed by atoms with Crippen LogP contribution in [0.5, 0.6) is 0 Å². The second kappa shape index (κ2) is 5.75. The summed E-state index contributed by atoms with van der Waals surface area (Å²) >= 11 is 0. The molecule has 0 saturated heterocycles. The summed E-state index contributed by atoms with van der Waals surface area (Å²) in [6, 6.07) is 1.19. The van der Waals surface area contributed by atoms with Crippen molar-refractivity contribution in [2.45, 2.75) is 25.2 Å². The molecule has 6 nitrogen and oxygen atoms in total. The Hall–Kier alpha value is -1.34. The van der Waals surface area contributed by atoms with Gasteiger partial charge in [-0.1, -0.05) is 20.3 Å². The first-order valence-electron chi connectivity index (χ1n) is 6.06. The molecule has 0 aromatic carbocycles. The largest absolute Gasteiger partial charge is 0.477 e. The summed E-state index contributed by atoms with van der Waals surface area (Å²) in [5.74, 6) is -0.893. The van der Waals surface area contributed by atoms with Crippen LogP contribution in [0.1, 0.15) is 30.8 Å². The van der Waals surface area contributed by atoms with Crippen molar-refractivity contribution < 1.29 is 18.3 Å². The molecule has 7 heteroatoms. The Labute approximate surface area is 113 Å². The maximum absolute atomic E-state index is 12.3. The van der Waals surface area contributed by atoms with Gasteiger partial charge in [0.15, 0.2) is 0 Å². The highest BCUT2D eigenvalue weighted by Crippen LogP contribution is 2.19. The molecule has 0 aliphatic heterocycles. The second-order valence-corrected chi connectivity index (χ2v) is 6.82. The summed E-state index contributed by atoms with van der Waals surface area (Å²) in [6.45, 7) is 4.38. The Kier molecular flexibility index (Phi) is 4.75. The molecule has 108 valence electrons. The standard InChI is InChI=1S/C12H20N2O4S/c1-5-9(2)7-14(4)19(17,18)10-6-11(12(15)16)13(3)8-10/h6,8-9H,5,7H2,1-4H3,(H,15,16). The summed E-state index contributed by atoms with van der Waals surface area (Å²) in [4.78, 5) is 10.9. The maximum Gasteiger partial charge on any atom is 0.352 e. The third-order valence-electron chi connectivity index (χ3n) is 3.17. The molecule has 1 unspecified atom stereocenters. The van der Waals surface area contributed by atoms with Crippen molar-refractivity contribution >= 4 is 16.0 Å². The van der Waals surface area contributed by atoms with Crippen LogP contribution in [0.25, 0.3) is 0 Å². The lowest BCUT2D eigenvalue weighted by Crippen LogP contribution is -2.30. The van der Waals surface area contributed by atoms with E-state index in [-0.39, 0.29) is 16.5 Å². The summed E-state index contributed by atoms with van der Waals surface area (Å²) in [5, 5.41) is 8.94. The predicted molar refractivity (Wildman–Crippen MR) is 71.6 cm³/mol. The van der Waals surface area contributed by atoms with E-state index in [1.807, 2.05) is 13.8 Å². The van der Waals surface area contributed by atoms with Crippen LogP contribution in [-0.2, 0) is 17.1 Å². The number of aromatic carboxylic acids is 1. The van der Waals surface area contributed by atoms with Crippen molar-refractivity contribution in [3.05, 3.63) is 18.0 Å². The Morgan fingerprint density at radius 1 is 1.53 bits per heavy atom. The third kappa shape index (κ3) is 3.36. The number of hydrogen-bond acceptors (Lipinski definition) is 3. The number of rotatable bonds is 6. The monoisotopic (exact) mass is 288 g/mol. The van der Waals surface area contributed by atoms with E-state index >= 15 is 0 Å². The van der Waals surface area contributed by atoms with Gasteiger partial charge in [0.25, 0.3) is 0 Å². The van der Waals surface area contributed by atoms with Gasteiger partial charge in [-0.2, -0.15) is 0 Å². The quantitative estimate of drug-likeness (QED) is 0.858. The normalized spacial score (nSPS) is 13.7. The first-order chi connectivity index (χ1) is 8.70. The smallest absolute Gasteiger partial charge is 0.352 e. The van der Waals surface area contributed by atoms with E-state index in [0.29, 0.717) is 6.54 Å². The Morgan fingerprint density at radius 2 is 2.11 bits per heavy atom. The van der Waals surface area contributed by atoms with Gasteiger partial charge in [-0.15, -0.1) is 0 Å². The lowest BCUT2D eigenvalue weighted by molar-refractivity contribution is 0.0686. The van der Waals surface area contributed by atoms with Crippen molar-refractivity contribution in [1.29, 1.82) is 0 Å². The molecule has 1 N–H and O–H groups in total. The molecule has 0 saturated carbocycles. The molecule has 0 radical (unpaired) electrons. The SMILES string of the molecule is CCC(C)CN(C)S(=O)(=O)c1cc(C(=O)O)n(C)c1. The Balaban J connectivity index is 3.07. The third-order valence-corrected chi connectivity index (χ3v) is 4.96. The number of aromatic nitrogens is 1. The minimum atomic E-state index is -3.63. The zero-order valence-electron chi connectivity index (χ0n) is 11.6. The highest BCUT2D eigenvalue weighted by molar-refractivity contribution is 7.89.